The third-order valence-electron chi connectivity index (χ3n) is 2.89. The Morgan fingerprint density at radius 1 is 1.42 bits per heavy atom. The number of nitrogens with one attached hydrogen (secondary N) is 1. The van der Waals surface area contributed by atoms with Crippen molar-refractivity contribution in [1.29, 1.82) is 0 Å². The fourth-order valence-corrected chi connectivity index (χ4v) is 3.13. The summed E-state index contributed by atoms with van der Waals surface area (Å²) < 4.78 is 2.76. The van der Waals surface area contributed by atoms with Crippen LogP contribution in [0.2, 0.25) is 0 Å². The van der Waals surface area contributed by atoms with Crippen molar-refractivity contribution >= 4 is 38.9 Å². The van der Waals surface area contributed by atoms with Gasteiger partial charge in [0.25, 0.3) is 0 Å². The number of hydrogen-bond acceptors (Lipinski definition) is 4. The molecular formula is C13H13BrN4S. The number of thiophene rings is 1. The van der Waals surface area contributed by atoms with Gasteiger partial charge in [0.15, 0.2) is 5.65 Å². The summed E-state index contributed by atoms with van der Waals surface area (Å²) in [5.74, 6) is 0.665. The Hall–Kier alpha value is -1.40. The Balaban J connectivity index is 1.88. The molecular weight excluding hydrogens is 324 g/mol. The van der Waals surface area contributed by atoms with Crippen molar-refractivity contribution in [3.63, 3.8) is 0 Å². The van der Waals surface area contributed by atoms with E-state index in [-0.39, 0.29) is 6.04 Å². The molecule has 0 aliphatic carbocycles. The maximum Gasteiger partial charge on any atom is 0.243 e. The van der Waals surface area contributed by atoms with Crippen LogP contribution in [0.3, 0.4) is 0 Å². The summed E-state index contributed by atoms with van der Waals surface area (Å²) in [5, 5.41) is 9.92. The number of aromatic nitrogens is 3. The molecule has 98 valence electrons. The van der Waals surface area contributed by atoms with Crippen LogP contribution in [0.25, 0.3) is 5.65 Å². The molecule has 4 nitrogen and oxygen atoms in total. The van der Waals surface area contributed by atoms with Gasteiger partial charge in [-0.1, -0.05) is 13.0 Å². The lowest BCUT2D eigenvalue weighted by molar-refractivity contribution is 0.751. The molecule has 0 saturated carbocycles. The fourth-order valence-electron chi connectivity index (χ4n) is 1.94. The van der Waals surface area contributed by atoms with Gasteiger partial charge in [-0.05, 0) is 45.9 Å². The molecule has 0 aromatic carbocycles. The smallest absolute Gasteiger partial charge is 0.243 e. The summed E-state index contributed by atoms with van der Waals surface area (Å²) in [4.78, 5) is 5.78. The van der Waals surface area contributed by atoms with Gasteiger partial charge in [-0.25, -0.2) is 4.52 Å². The number of rotatable bonds is 4. The standard InChI is InChI=1S/C13H13BrN4S/c1-2-10(11-4-3-7-19-11)15-13-16-12-6-5-9(14)8-18(12)17-13/h3-8,10H,2H2,1H3,(H,15,17). The third kappa shape index (κ3) is 2.64. The molecule has 3 heterocycles. The van der Waals surface area contributed by atoms with E-state index in [1.807, 2.05) is 18.3 Å². The average molecular weight is 337 g/mol. The van der Waals surface area contributed by atoms with E-state index in [0.29, 0.717) is 5.95 Å². The maximum absolute atomic E-state index is 4.48. The van der Waals surface area contributed by atoms with E-state index in [0.717, 1.165) is 16.5 Å². The zero-order chi connectivity index (χ0) is 13.2. The lowest BCUT2D eigenvalue weighted by Crippen LogP contribution is -2.09. The molecule has 0 radical (unpaired) electrons. The Labute approximate surface area is 123 Å². The van der Waals surface area contributed by atoms with Crippen LogP contribution in [0.5, 0.6) is 0 Å². The van der Waals surface area contributed by atoms with Gasteiger partial charge in [-0.2, -0.15) is 4.98 Å². The first-order valence-electron chi connectivity index (χ1n) is 6.08. The quantitative estimate of drug-likeness (QED) is 0.779. The minimum Gasteiger partial charge on any atom is -0.345 e. The minimum atomic E-state index is 0.265. The molecule has 6 heteroatoms. The van der Waals surface area contributed by atoms with E-state index < -0.39 is 0 Å². The van der Waals surface area contributed by atoms with E-state index >= 15 is 0 Å². The van der Waals surface area contributed by atoms with Crippen molar-refractivity contribution < 1.29 is 0 Å². The number of anilines is 1. The van der Waals surface area contributed by atoms with Gasteiger partial charge in [0.1, 0.15) is 0 Å². The van der Waals surface area contributed by atoms with E-state index in [9.17, 15) is 0 Å². The Bertz CT molecular complexity index is 677. The molecule has 3 rings (SSSR count). The van der Waals surface area contributed by atoms with Crippen molar-refractivity contribution in [2.24, 2.45) is 0 Å². The second-order valence-electron chi connectivity index (χ2n) is 4.21. The van der Waals surface area contributed by atoms with Gasteiger partial charge in [0, 0.05) is 15.5 Å². The lowest BCUT2D eigenvalue weighted by atomic mass is 10.2. The highest BCUT2D eigenvalue weighted by Crippen LogP contribution is 2.25. The number of halogens is 1. The van der Waals surface area contributed by atoms with Crippen LogP contribution in [0.4, 0.5) is 5.95 Å². The zero-order valence-electron chi connectivity index (χ0n) is 10.4. The average Bonchev–Trinajstić information content (AvgIpc) is 3.04. The van der Waals surface area contributed by atoms with Gasteiger partial charge >= 0.3 is 0 Å². The number of hydrogen-bond donors (Lipinski definition) is 1. The largest absolute Gasteiger partial charge is 0.345 e. The second kappa shape index (κ2) is 5.30. The number of pyridine rings is 1. The predicted octanol–water partition coefficient (Wildman–Crippen LogP) is 4.12. The molecule has 0 amide bonds. The van der Waals surface area contributed by atoms with Crippen LogP contribution >= 0.6 is 27.3 Å². The molecule has 0 bridgehead atoms. The summed E-state index contributed by atoms with van der Waals surface area (Å²) in [6.07, 6.45) is 2.90. The van der Waals surface area contributed by atoms with Gasteiger partial charge in [0.05, 0.1) is 6.04 Å². The van der Waals surface area contributed by atoms with E-state index in [1.165, 1.54) is 4.88 Å². The number of fused-ring (bicyclic) bond motifs is 1. The molecule has 1 N–H and O–H groups in total. The first-order chi connectivity index (χ1) is 9.26. The molecule has 0 aliphatic rings. The minimum absolute atomic E-state index is 0.265. The Morgan fingerprint density at radius 3 is 3.05 bits per heavy atom. The molecule has 0 saturated heterocycles. The lowest BCUT2D eigenvalue weighted by Gasteiger charge is -2.13. The van der Waals surface area contributed by atoms with Crippen molar-refractivity contribution in [3.8, 4) is 0 Å². The zero-order valence-corrected chi connectivity index (χ0v) is 12.8. The first-order valence-corrected chi connectivity index (χ1v) is 7.75. The van der Waals surface area contributed by atoms with Crippen molar-refractivity contribution in [2.45, 2.75) is 19.4 Å². The van der Waals surface area contributed by atoms with Gasteiger partial charge < -0.3 is 5.32 Å². The van der Waals surface area contributed by atoms with Crippen LogP contribution < -0.4 is 5.32 Å². The predicted molar refractivity (Wildman–Crippen MR) is 81.7 cm³/mol. The number of nitrogens with zero attached hydrogens (tertiary/aromatic N) is 3. The molecule has 1 atom stereocenters. The molecule has 0 spiro atoms. The Morgan fingerprint density at radius 2 is 2.32 bits per heavy atom. The van der Waals surface area contributed by atoms with Crippen molar-refractivity contribution in [2.75, 3.05) is 5.32 Å². The third-order valence-corrected chi connectivity index (χ3v) is 4.35. The summed E-state index contributed by atoms with van der Waals surface area (Å²) in [6.45, 7) is 2.16. The Kier molecular flexibility index (Phi) is 3.52. The maximum atomic E-state index is 4.48. The SMILES string of the molecule is CCC(Nc1nc2ccc(Br)cn2n1)c1cccs1. The van der Waals surface area contributed by atoms with Crippen LogP contribution in [0, 0.1) is 0 Å². The van der Waals surface area contributed by atoms with E-state index in [2.05, 4.69) is 55.8 Å². The van der Waals surface area contributed by atoms with E-state index in [4.69, 9.17) is 0 Å². The van der Waals surface area contributed by atoms with Crippen LogP contribution in [0.15, 0.2) is 40.3 Å². The van der Waals surface area contributed by atoms with Crippen LogP contribution in [-0.2, 0) is 0 Å². The summed E-state index contributed by atoms with van der Waals surface area (Å²) in [5.41, 5.74) is 0.840. The highest BCUT2D eigenvalue weighted by atomic mass is 79.9. The molecule has 0 aliphatic heterocycles. The van der Waals surface area contributed by atoms with Crippen LogP contribution in [0.1, 0.15) is 24.3 Å². The molecule has 0 fully saturated rings. The molecule has 1 unspecified atom stereocenters. The fraction of sp³-hybridized carbons (Fsp3) is 0.231. The van der Waals surface area contributed by atoms with Gasteiger partial charge in [0.2, 0.25) is 5.95 Å². The van der Waals surface area contributed by atoms with Gasteiger partial charge in [-0.3, -0.25) is 0 Å². The molecule has 19 heavy (non-hydrogen) atoms. The molecule has 3 aromatic rings. The summed E-state index contributed by atoms with van der Waals surface area (Å²) in [7, 11) is 0. The normalized spacial score (nSPS) is 12.7. The summed E-state index contributed by atoms with van der Waals surface area (Å²) >= 11 is 5.18. The van der Waals surface area contributed by atoms with Crippen molar-refractivity contribution in [3.05, 3.63) is 45.2 Å². The second-order valence-corrected chi connectivity index (χ2v) is 6.10. The highest BCUT2D eigenvalue weighted by Gasteiger charge is 2.13. The van der Waals surface area contributed by atoms with Crippen molar-refractivity contribution in [1.82, 2.24) is 14.6 Å². The van der Waals surface area contributed by atoms with Gasteiger partial charge in [-0.15, -0.1) is 16.4 Å². The topological polar surface area (TPSA) is 42.2 Å². The first kappa shape index (κ1) is 12.6. The van der Waals surface area contributed by atoms with Crippen LogP contribution in [-0.4, -0.2) is 14.6 Å². The monoisotopic (exact) mass is 336 g/mol. The molecule has 3 aromatic heterocycles. The highest BCUT2D eigenvalue weighted by molar-refractivity contribution is 9.10. The van der Waals surface area contributed by atoms with E-state index in [1.54, 1.807) is 15.9 Å². The summed E-state index contributed by atoms with van der Waals surface area (Å²) in [6, 6.07) is 8.37.